The van der Waals surface area contributed by atoms with Crippen LogP contribution in [0.4, 0.5) is 11.4 Å². The molecule has 0 atom stereocenters. The molecule has 0 aliphatic carbocycles. The summed E-state index contributed by atoms with van der Waals surface area (Å²) in [6, 6.07) is 13.1. The van der Waals surface area contributed by atoms with Crippen LogP contribution in [0.25, 0.3) is 6.08 Å². The second-order valence-corrected chi connectivity index (χ2v) is 6.50. The number of benzene rings is 2. The summed E-state index contributed by atoms with van der Waals surface area (Å²) < 4.78 is 10.1. The van der Waals surface area contributed by atoms with E-state index in [-0.39, 0.29) is 23.3 Å². The number of cyclic esters (lactones) is 1. The van der Waals surface area contributed by atoms with Crippen molar-refractivity contribution >= 4 is 35.3 Å². The Labute approximate surface area is 172 Å². The molecule has 2 aromatic rings. The van der Waals surface area contributed by atoms with Crippen molar-refractivity contribution < 1.29 is 24.0 Å². The molecule has 9 nitrogen and oxygen atoms in total. The summed E-state index contributed by atoms with van der Waals surface area (Å²) >= 11 is 0. The molecule has 9 heteroatoms. The lowest BCUT2D eigenvalue weighted by Gasteiger charge is -2.19. The molecule has 0 radical (unpaired) electrons. The summed E-state index contributed by atoms with van der Waals surface area (Å²) in [6.45, 7) is 2.20. The molecule has 2 aromatic carbocycles. The van der Waals surface area contributed by atoms with Crippen LogP contribution < -0.4 is 4.90 Å². The SMILES string of the molecule is CC(=O)OCCN(C)c1ccc(/C=C2\N=C(c3cccc([N+](=O)[O-])c3)OC2=O)cc1. The zero-order valence-corrected chi connectivity index (χ0v) is 16.4. The number of nitro groups is 1. The first kappa shape index (κ1) is 20.7. The molecule has 0 saturated carbocycles. The number of non-ortho nitro benzene ring substituents is 1. The predicted octanol–water partition coefficient (Wildman–Crippen LogP) is 2.94. The molecule has 0 unspecified atom stereocenters. The van der Waals surface area contributed by atoms with E-state index in [1.165, 1.54) is 25.1 Å². The quantitative estimate of drug-likeness (QED) is 0.299. The number of aliphatic imine (C=N–C) groups is 1. The van der Waals surface area contributed by atoms with Gasteiger partial charge in [0.2, 0.25) is 5.90 Å². The van der Waals surface area contributed by atoms with Gasteiger partial charge in [-0.25, -0.2) is 9.79 Å². The predicted molar refractivity (Wildman–Crippen MR) is 110 cm³/mol. The number of rotatable bonds is 7. The smallest absolute Gasteiger partial charge is 0.363 e. The number of ether oxygens (including phenoxy) is 2. The first-order valence-electron chi connectivity index (χ1n) is 9.05. The minimum Gasteiger partial charge on any atom is -0.464 e. The van der Waals surface area contributed by atoms with Crippen molar-refractivity contribution in [2.45, 2.75) is 6.92 Å². The van der Waals surface area contributed by atoms with Gasteiger partial charge in [0.1, 0.15) is 6.61 Å². The first-order valence-corrected chi connectivity index (χ1v) is 9.05. The lowest BCUT2D eigenvalue weighted by atomic mass is 10.1. The molecule has 1 heterocycles. The number of nitrogens with zero attached hydrogens (tertiary/aromatic N) is 3. The van der Waals surface area contributed by atoms with Gasteiger partial charge in [-0.3, -0.25) is 14.9 Å². The molecule has 0 bridgehead atoms. The highest BCUT2D eigenvalue weighted by Crippen LogP contribution is 2.22. The molecular weight excluding hydrogens is 390 g/mol. The van der Waals surface area contributed by atoms with Crippen molar-refractivity contribution in [1.82, 2.24) is 0 Å². The lowest BCUT2D eigenvalue weighted by molar-refractivity contribution is -0.384. The van der Waals surface area contributed by atoms with Crippen LogP contribution >= 0.6 is 0 Å². The number of likely N-dealkylation sites (N-methyl/N-ethyl adjacent to an activating group) is 1. The van der Waals surface area contributed by atoms with Crippen LogP contribution in [0.2, 0.25) is 0 Å². The molecule has 0 N–H and O–H groups in total. The Morgan fingerprint density at radius 1 is 1.27 bits per heavy atom. The van der Waals surface area contributed by atoms with Gasteiger partial charge in [0.15, 0.2) is 5.70 Å². The summed E-state index contributed by atoms with van der Waals surface area (Å²) in [5.74, 6) is -0.922. The van der Waals surface area contributed by atoms with Crippen LogP contribution in [0.5, 0.6) is 0 Å². The number of nitro benzene ring substituents is 1. The van der Waals surface area contributed by atoms with Crippen molar-refractivity contribution in [3.05, 3.63) is 75.5 Å². The number of hydrogen-bond donors (Lipinski definition) is 0. The highest BCUT2D eigenvalue weighted by Gasteiger charge is 2.25. The molecule has 154 valence electrons. The Kier molecular flexibility index (Phi) is 6.21. The van der Waals surface area contributed by atoms with E-state index in [9.17, 15) is 19.7 Å². The van der Waals surface area contributed by atoms with E-state index in [4.69, 9.17) is 9.47 Å². The molecule has 1 aliphatic heterocycles. The Morgan fingerprint density at radius 3 is 2.67 bits per heavy atom. The largest absolute Gasteiger partial charge is 0.464 e. The van der Waals surface area contributed by atoms with Gasteiger partial charge in [-0.15, -0.1) is 0 Å². The van der Waals surface area contributed by atoms with Gasteiger partial charge in [-0.05, 0) is 29.8 Å². The molecule has 1 aliphatic rings. The number of carbonyl (C=O) groups excluding carboxylic acids is 2. The molecule has 30 heavy (non-hydrogen) atoms. The second kappa shape index (κ2) is 8.99. The van der Waals surface area contributed by atoms with E-state index in [2.05, 4.69) is 4.99 Å². The topological polar surface area (TPSA) is 111 Å². The van der Waals surface area contributed by atoms with Gasteiger partial charge >= 0.3 is 11.9 Å². The number of anilines is 1. The summed E-state index contributed by atoms with van der Waals surface area (Å²) in [5, 5.41) is 10.9. The van der Waals surface area contributed by atoms with Gasteiger partial charge in [0, 0.05) is 37.4 Å². The van der Waals surface area contributed by atoms with E-state index in [1.807, 2.05) is 36.2 Å². The molecule has 0 amide bonds. The maximum Gasteiger partial charge on any atom is 0.363 e. The molecular formula is C21H19N3O6. The van der Waals surface area contributed by atoms with Crippen LogP contribution in [0.1, 0.15) is 18.1 Å². The Hall–Kier alpha value is -4.01. The van der Waals surface area contributed by atoms with Gasteiger partial charge in [0.25, 0.3) is 5.69 Å². The number of hydrogen-bond acceptors (Lipinski definition) is 8. The summed E-state index contributed by atoms with van der Waals surface area (Å²) in [5.41, 5.74) is 2.00. The fraction of sp³-hybridized carbons (Fsp3) is 0.190. The van der Waals surface area contributed by atoms with E-state index < -0.39 is 10.9 Å². The van der Waals surface area contributed by atoms with Crippen molar-refractivity contribution in [1.29, 1.82) is 0 Å². The Bertz CT molecular complexity index is 1040. The average Bonchev–Trinajstić information content (AvgIpc) is 3.08. The maximum atomic E-state index is 12.1. The van der Waals surface area contributed by atoms with E-state index in [0.717, 1.165) is 11.3 Å². The lowest BCUT2D eigenvalue weighted by Crippen LogP contribution is -2.23. The second-order valence-electron chi connectivity index (χ2n) is 6.50. The van der Waals surface area contributed by atoms with Crippen molar-refractivity contribution in [2.75, 3.05) is 25.1 Å². The molecule has 0 fully saturated rings. The van der Waals surface area contributed by atoms with E-state index >= 15 is 0 Å². The Morgan fingerprint density at radius 2 is 2.00 bits per heavy atom. The third kappa shape index (κ3) is 5.07. The number of carbonyl (C=O) groups is 2. The molecule has 3 rings (SSSR count). The van der Waals surface area contributed by atoms with Crippen LogP contribution in [0.15, 0.2) is 59.2 Å². The minimum atomic E-state index is -0.626. The van der Waals surface area contributed by atoms with Crippen molar-refractivity contribution in [3.63, 3.8) is 0 Å². The minimum absolute atomic E-state index is 0.0248. The fourth-order valence-corrected chi connectivity index (χ4v) is 2.72. The van der Waals surface area contributed by atoms with Crippen molar-refractivity contribution in [3.8, 4) is 0 Å². The van der Waals surface area contributed by atoms with Crippen LogP contribution in [0, 0.1) is 10.1 Å². The summed E-state index contributed by atoms with van der Waals surface area (Å²) in [7, 11) is 1.88. The highest BCUT2D eigenvalue weighted by atomic mass is 16.6. The maximum absolute atomic E-state index is 12.1. The van der Waals surface area contributed by atoms with Gasteiger partial charge in [-0.2, -0.15) is 0 Å². The highest BCUT2D eigenvalue weighted by molar-refractivity contribution is 6.13. The average molecular weight is 409 g/mol. The third-order valence-electron chi connectivity index (χ3n) is 4.29. The van der Waals surface area contributed by atoms with Gasteiger partial charge in [-0.1, -0.05) is 18.2 Å². The van der Waals surface area contributed by atoms with Crippen LogP contribution in [-0.2, 0) is 19.1 Å². The number of esters is 2. The molecule has 0 spiro atoms. The zero-order valence-electron chi connectivity index (χ0n) is 16.4. The normalized spacial score (nSPS) is 14.3. The van der Waals surface area contributed by atoms with E-state index in [1.54, 1.807) is 12.1 Å². The summed E-state index contributed by atoms with van der Waals surface area (Å²) in [6.07, 6.45) is 1.58. The zero-order chi connectivity index (χ0) is 21.7. The monoisotopic (exact) mass is 409 g/mol. The third-order valence-corrected chi connectivity index (χ3v) is 4.29. The molecule has 0 saturated heterocycles. The fourth-order valence-electron chi connectivity index (χ4n) is 2.72. The van der Waals surface area contributed by atoms with E-state index in [0.29, 0.717) is 18.7 Å². The summed E-state index contributed by atoms with van der Waals surface area (Å²) in [4.78, 5) is 39.5. The Balaban J connectivity index is 1.73. The van der Waals surface area contributed by atoms with Crippen molar-refractivity contribution in [2.24, 2.45) is 4.99 Å². The van der Waals surface area contributed by atoms with Crippen LogP contribution in [0.3, 0.4) is 0 Å². The van der Waals surface area contributed by atoms with Gasteiger partial charge in [0.05, 0.1) is 11.5 Å². The first-order chi connectivity index (χ1) is 14.3. The standard InChI is InChI=1S/C21H19N3O6/c1-14(25)29-11-10-23(2)17-8-6-15(7-9-17)12-19-21(26)30-20(22-19)16-4-3-5-18(13-16)24(27)28/h3-9,12-13H,10-11H2,1-2H3/b19-12-. The van der Waals surface area contributed by atoms with Crippen LogP contribution in [-0.4, -0.2) is 43.0 Å². The van der Waals surface area contributed by atoms with Gasteiger partial charge < -0.3 is 14.4 Å². The molecule has 0 aromatic heterocycles.